The summed E-state index contributed by atoms with van der Waals surface area (Å²) in [6, 6.07) is 4.88. The lowest BCUT2D eigenvalue weighted by molar-refractivity contribution is -0.161. The van der Waals surface area contributed by atoms with Crippen LogP contribution in [0.4, 0.5) is 0 Å². The summed E-state index contributed by atoms with van der Waals surface area (Å²) in [6.45, 7) is 11.3. The Morgan fingerprint density at radius 3 is 2.58 bits per heavy atom. The molecule has 0 aromatic heterocycles. The van der Waals surface area contributed by atoms with Gasteiger partial charge in [0.05, 0.1) is 12.5 Å². The quantitative estimate of drug-likeness (QED) is 0.688. The van der Waals surface area contributed by atoms with Gasteiger partial charge in [-0.2, -0.15) is 0 Å². The fourth-order valence-corrected chi connectivity index (χ4v) is 5.74. The molecule has 24 heavy (non-hydrogen) atoms. The van der Waals surface area contributed by atoms with Crippen molar-refractivity contribution < 1.29 is 9.53 Å². The van der Waals surface area contributed by atoms with E-state index in [0.29, 0.717) is 11.8 Å². The number of carbonyl (C=O) groups is 1. The van der Waals surface area contributed by atoms with Crippen LogP contribution in [0.15, 0.2) is 12.1 Å². The topological polar surface area (TPSA) is 26.3 Å². The predicted molar refractivity (Wildman–Crippen MR) is 98.4 cm³/mol. The van der Waals surface area contributed by atoms with Gasteiger partial charge < -0.3 is 4.74 Å². The maximum absolute atomic E-state index is 12.6. The highest BCUT2D eigenvalue weighted by Crippen LogP contribution is 2.57. The zero-order valence-electron chi connectivity index (χ0n) is 16.2. The summed E-state index contributed by atoms with van der Waals surface area (Å²) in [4.78, 5) is 12.6. The summed E-state index contributed by atoms with van der Waals surface area (Å²) in [5.41, 5.74) is 5.63. The van der Waals surface area contributed by atoms with Gasteiger partial charge in [0.25, 0.3) is 0 Å². The van der Waals surface area contributed by atoms with Crippen LogP contribution < -0.4 is 0 Å². The molecule has 3 unspecified atom stereocenters. The van der Waals surface area contributed by atoms with Gasteiger partial charge in [0, 0.05) is 0 Å². The Morgan fingerprint density at radius 1 is 1.25 bits per heavy atom. The van der Waals surface area contributed by atoms with Crippen molar-refractivity contribution in [1.82, 2.24) is 0 Å². The van der Waals surface area contributed by atoms with Gasteiger partial charge in [-0.05, 0) is 79.0 Å². The number of hydrogen-bond donors (Lipinski definition) is 0. The molecule has 0 aliphatic heterocycles. The number of benzene rings is 1. The normalized spacial score (nSPS) is 32.2. The van der Waals surface area contributed by atoms with E-state index < -0.39 is 0 Å². The van der Waals surface area contributed by atoms with Gasteiger partial charge in [-0.25, -0.2) is 0 Å². The molecule has 3 atom stereocenters. The van der Waals surface area contributed by atoms with Crippen molar-refractivity contribution >= 4 is 5.97 Å². The number of carbonyl (C=O) groups excluding carboxylic acids is 1. The average molecular weight is 328 g/mol. The molecule has 1 fully saturated rings. The van der Waals surface area contributed by atoms with E-state index in [2.05, 4.69) is 46.8 Å². The summed E-state index contributed by atoms with van der Waals surface area (Å²) in [7, 11) is 1.54. The molecule has 0 spiro atoms. The Bertz CT molecular complexity index is 660. The molecule has 2 heteroatoms. The van der Waals surface area contributed by atoms with Gasteiger partial charge in [-0.15, -0.1) is 0 Å². The molecule has 0 radical (unpaired) electrons. The number of hydrogen-bond acceptors (Lipinski definition) is 2. The minimum atomic E-state index is -0.343. The van der Waals surface area contributed by atoms with Crippen LogP contribution in [0.25, 0.3) is 0 Å². The highest BCUT2D eigenvalue weighted by atomic mass is 16.5. The van der Waals surface area contributed by atoms with Crippen LogP contribution in [0.2, 0.25) is 0 Å². The van der Waals surface area contributed by atoms with Crippen LogP contribution in [-0.4, -0.2) is 13.1 Å². The van der Waals surface area contributed by atoms with Crippen molar-refractivity contribution in [3.8, 4) is 0 Å². The number of rotatable bonds is 2. The van der Waals surface area contributed by atoms with Crippen LogP contribution in [0.5, 0.6) is 0 Å². The van der Waals surface area contributed by atoms with Crippen molar-refractivity contribution in [3.05, 3.63) is 34.4 Å². The number of methoxy groups -OCH3 is 1. The lowest BCUT2D eigenvalue weighted by Gasteiger charge is -2.54. The maximum atomic E-state index is 12.6. The molecule has 3 rings (SSSR count). The first-order chi connectivity index (χ1) is 11.2. The molecule has 2 nitrogen and oxygen atoms in total. The monoisotopic (exact) mass is 328 g/mol. The van der Waals surface area contributed by atoms with Crippen LogP contribution in [0.3, 0.4) is 0 Å². The molecule has 2 aliphatic rings. The average Bonchev–Trinajstić information content (AvgIpc) is 2.53. The standard InChI is InChI=1S/C22H32O2/c1-14(2)17-13-16-8-9-19-21(4,18(16)12-15(17)3)10-7-11-22(19,5)20(23)24-6/h12-14,19H,7-11H2,1-6H3. The van der Waals surface area contributed by atoms with Gasteiger partial charge >= 0.3 is 5.97 Å². The van der Waals surface area contributed by atoms with Gasteiger partial charge in [-0.3, -0.25) is 4.79 Å². The van der Waals surface area contributed by atoms with Gasteiger partial charge in [0.2, 0.25) is 0 Å². The van der Waals surface area contributed by atoms with Crippen LogP contribution in [0, 0.1) is 18.3 Å². The summed E-state index contributed by atoms with van der Waals surface area (Å²) in [6.07, 6.45) is 5.41. The smallest absolute Gasteiger partial charge is 0.311 e. The third-order valence-electron chi connectivity index (χ3n) is 7.01. The van der Waals surface area contributed by atoms with Crippen LogP contribution in [0.1, 0.15) is 81.5 Å². The third kappa shape index (κ3) is 2.41. The SMILES string of the molecule is COC(=O)C1(C)CCCC2(C)c3cc(C)c(C(C)C)cc3CCC12. The number of aryl methyl sites for hydroxylation is 2. The van der Waals surface area contributed by atoms with E-state index in [1.54, 1.807) is 0 Å². The highest BCUT2D eigenvalue weighted by Gasteiger charge is 2.55. The highest BCUT2D eigenvalue weighted by molar-refractivity contribution is 5.77. The zero-order valence-corrected chi connectivity index (χ0v) is 16.2. The van der Waals surface area contributed by atoms with Gasteiger partial charge in [-0.1, -0.05) is 39.3 Å². The third-order valence-corrected chi connectivity index (χ3v) is 7.01. The summed E-state index contributed by atoms with van der Waals surface area (Å²) < 4.78 is 5.21. The fourth-order valence-electron chi connectivity index (χ4n) is 5.74. The van der Waals surface area contributed by atoms with Crippen LogP contribution in [-0.2, 0) is 21.4 Å². The zero-order chi connectivity index (χ0) is 17.7. The van der Waals surface area contributed by atoms with Gasteiger partial charge in [0.15, 0.2) is 0 Å². The van der Waals surface area contributed by atoms with E-state index in [1.807, 2.05) is 0 Å². The van der Waals surface area contributed by atoms with E-state index in [4.69, 9.17) is 4.74 Å². The van der Waals surface area contributed by atoms with Crippen molar-refractivity contribution in [1.29, 1.82) is 0 Å². The van der Waals surface area contributed by atoms with E-state index >= 15 is 0 Å². The van der Waals surface area contributed by atoms with Crippen molar-refractivity contribution in [2.75, 3.05) is 7.11 Å². The Hall–Kier alpha value is -1.31. The molecule has 1 saturated carbocycles. The Labute approximate surface area is 147 Å². The summed E-state index contributed by atoms with van der Waals surface area (Å²) >= 11 is 0. The fraction of sp³-hybridized carbons (Fsp3) is 0.682. The molecule has 0 N–H and O–H groups in total. The second kappa shape index (κ2) is 5.89. The van der Waals surface area contributed by atoms with E-state index in [-0.39, 0.29) is 16.8 Å². The second-order valence-corrected chi connectivity index (χ2v) is 8.79. The maximum Gasteiger partial charge on any atom is 0.311 e. The molecular formula is C22H32O2. The molecule has 0 bridgehead atoms. The first-order valence-electron chi connectivity index (χ1n) is 9.46. The first-order valence-corrected chi connectivity index (χ1v) is 9.46. The van der Waals surface area contributed by atoms with E-state index in [0.717, 1.165) is 25.7 Å². The number of ether oxygens (including phenoxy) is 1. The Kier molecular flexibility index (Phi) is 4.30. The first kappa shape index (κ1) is 17.5. The molecular weight excluding hydrogens is 296 g/mol. The molecule has 1 aromatic rings. The minimum Gasteiger partial charge on any atom is -0.469 e. The second-order valence-electron chi connectivity index (χ2n) is 8.79. The van der Waals surface area contributed by atoms with Crippen molar-refractivity contribution in [2.24, 2.45) is 11.3 Å². The number of fused-ring (bicyclic) bond motifs is 3. The minimum absolute atomic E-state index is 0.0163. The molecule has 2 aliphatic carbocycles. The lowest BCUT2D eigenvalue weighted by Crippen LogP contribution is -2.52. The summed E-state index contributed by atoms with van der Waals surface area (Å²) in [5, 5.41) is 0. The Morgan fingerprint density at radius 2 is 1.96 bits per heavy atom. The summed E-state index contributed by atoms with van der Waals surface area (Å²) in [5.74, 6) is 0.924. The van der Waals surface area contributed by atoms with Gasteiger partial charge in [0.1, 0.15) is 0 Å². The molecule has 1 aromatic carbocycles. The molecule has 0 saturated heterocycles. The van der Waals surface area contributed by atoms with Crippen LogP contribution >= 0.6 is 0 Å². The molecule has 0 amide bonds. The molecule has 0 heterocycles. The van der Waals surface area contributed by atoms with E-state index in [1.165, 1.54) is 35.8 Å². The van der Waals surface area contributed by atoms with E-state index in [9.17, 15) is 4.79 Å². The predicted octanol–water partition coefficient (Wildman–Crippen LogP) is 5.30. The molecule has 132 valence electrons. The number of esters is 1. The van der Waals surface area contributed by atoms with Crippen molar-refractivity contribution in [2.45, 2.75) is 78.1 Å². The Balaban J connectivity index is 2.11. The van der Waals surface area contributed by atoms with Crippen molar-refractivity contribution in [3.63, 3.8) is 0 Å². The largest absolute Gasteiger partial charge is 0.469 e. The lowest BCUT2D eigenvalue weighted by atomic mass is 9.49.